The van der Waals surface area contributed by atoms with E-state index in [1.807, 2.05) is 0 Å². The van der Waals surface area contributed by atoms with E-state index in [1.54, 1.807) is 0 Å². The number of carbonyl (C=O) groups excluding carboxylic acids is 1. The average Bonchev–Trinajstić information content (AvgIpc) is 3.12. The van der Waals surface area contributed by atoms with Crippen molar-refractivity contribution in [1.29, 1.82) is 0 Å². The molecule has 0 fully saturated rings. The maximum atomic E-state index is 12.2. The monoisotopic (exact) mass is 709 g/mol. The Morgan fingerprint density at radius 2 is 0.660 bits per heavy atom. The molecule has 0 heterocycles. The summed E-state index contributed by atoms with van der Waals surface area (Å²) in [4.78, 5) is 12.2. The molecule has 0 aliphatic rings. The van der Waals surface area contributed by atoms with Crippen molar-refractivity contribution in [2.24, 2.45) is 0 Å². The lowest BCUT2D eigenvalue weighted by Gasteiger charge is -2.16. The van der Waals surface area contributed by atoms with Gasteiger partial charge in [-0.25, -0.2) is 0 Å². The molecule has 0 spiro atoms. The van der Waals surface area contributed by atoms with Crippen LogP contribution in [0.25, 0.3) is 0 Å². The van der Waals surface area contributed by atoms with E-state index in [-0.39, 0.29) is 12.6 Å². The molecule has 300 valence electrons. The number of esters is 1. The minimum absolute atomic E-state index is 0.163. The van der Waals surface area contributed by atoms with Gasteiger partial charge >= 0.3 is 5.97 Å². The molecule has 1 N–H and O–H groups in total. The zero-order chi connectivity index (χ0) is 36.3. The maximum absolute atomic E-state index is 12.2. The molecule has 50 heavy (non-hydrogen) atoms. The normalized spacial score (nSPS) is 12.1. The van der Waals surface area contributed by atoms with Crippen molar-refractivity contribution in [3.8, 4) is 0 Å². The summed E-state index contributed by atoms with van der Waals surface area (Å²) >= 11 is 0. The number of carbonyl (C=O) groups is 1. The maximum Gasteiger partial charge on any atom is 0.306 e. The summed E-state index contributed by atoms with van der Waals surface area (Å²) in [6.07, 6.45) is 51.7. The smallest absolute Gasteiger partial charge is 0.306 e. The average molecular weight is 709 g/mol. The van der Waals surface area contributed by atoms with Gasteiger partial charge in [0.15, 0.2) is 0 Å². The van der Waals surface area contributed by atoms with Crippen molar-refractivity contribution >= 4 is 5.97 Å². The van der Waals surface area contributed by atoms with Gasteiger partial charge in [0, 0.05) is 13.0 Å². The van der Waals surface area contributed by atoms with Crippen molar-refractivity contribution in [2.45, 2.75) is 270 Å². The number of hydrogen-bond donors (Lipinski definition) is 1. The molecule has 1 atom stereocenters. The van der Waals surface area contributed by atoms with Crippen LogP contribution in [0, 0.1) is 0 Å². The Morgan fingerprint density at radius 1 is 0.400 bits per heavy atom. The number of hydrogen-bond acceptors (Lipinski definition) is 4. The van der Waals surface area contributed by atoms with Gasteiger partial charge in [0.1, 0.15) is 6.10 Å². The SMILES string of the molecule is CCCCCCCCCCCCCCCCCCCCCOCC(CO)OC(=O)CCCCCCCCCCCCCCCCCCCCC. The Balaban J connectivity index is 3.34. The van der Waals surface area contributed by atoms with E-state index in [0.29, 0.717) is 19.6 Å². The highest BCUT2D eigenvalue weighted by Gasteiger charge is 2.13. The molecule has 0 aliphatic heterocycles. The van der Waals surface area contributed by atoms with Crippen LogP contribution in [0.1, 0.15) is 264 Å². The Kier molecular flexibility index (Phi) is 44.0. The first-order valence-corrected chi connectivity index (χ1v) is 23.1. The first-order valence-electron chi connectivity index (χ1n) is 23.1. The van der Waals surface area contributed by atoms with Gasteiger partial charge in [-0.3, -0.25) is 4.79 Å². The van der Waals surface area contributed by atoms with E-state index < -0.39 is 6.10 Å². The molecule has 0 bridgehead atoms. The lowest BCUT2D eigenvalue weighted by atomic mass is 10.0. The summed E-state index contributed by atoms with van der Waals surface area (Å²) in [5, 5.41) is 9.62. The Morgan fingerprint density at radius 3 is 0.940 bits per heavy atom. The summed E-state index contributed by atoms with van der Waals surface area (Å²) in [6, 6.07) is 0. The van der Waals surface area contributed by atoms with Crippen LogP contribution in [0.2, 0.25) is 0 Å². The molecule has 0 saturated carbocycles. The van der Waals surface area contributed by atoms with E-state index in [2.05, 4.69) is 13.8 Å². The molecule has 4 nitrogen and oxygen atoms in total. The largest absolute Gasteiger partial charge is 0.457 e. The van der Waals surface area contributed by atoms with Crippen LogP contribution < -0.4 is 0 Å². The van der Waals surface area contributed by atoms with Gasteiger partial charge in [0.05, 0.1) is 13.2 Å². The zero-order valence-electron chi connectivity index (χ0n) is 34.4. The summed E-state index contributed by atoms with van der Waals surface area (Å²) in [7, 11) is 0. The van der Waals surface area contributed by atoms with Crippen LogP contribution >= 0.6 is 0 Å². The van der Waals surface area contributed by atoms with E-state index in [0.717, 1.165) is 19.3 Å². The predicted molar refractivity (Wildman–Crippen MR) is 219 cm³/mol. The van der Waals surface area contributed by atoms with E-state index in [4.69, 9.17) is 9.47 Å². The van der Waals surface area contributed by atoms with Gasteiger partial charge in [0.25, 0.3) is 0 Å². The number of aliphatic hydroxyl groups excluding tert-OH is 1. The van der Waals surface area contributed by atoms with Crippen molar-refractivity contribution in [1.82, 2.24) is 0 Å². The Labute approximate surface area is 314 Å². The molecule has 0 amide bonds. The molecular formula is C46H92O4. The number of unbranched alkanes of at least 4 members (excludes halogenated alkanes) is 36. The van der Waals surface area contributed by atoms with Gasteiger partial charge in [-0.15, -0.1) is 0 Å². The van der Waals surface area contributed by atoms with Gasteiger partial charge in [-0.1, -0.05) is 245 Å². The van der Waals surface area contributed by atoms with Crippen LogP contribution in [0.15, 0.2) is 0 Å². The number of ether oxygens (including phenoxy) is 2. The summed E-state index contributed by atoms with van der Waals surface area (Å²) in [5.74, 6) is -0.192. The molecular weight excluding hydrogens is 617 g/mol. The Hall–Kier alpha value is -0.610. The van der Waals surface area contributed by atoms with Crippen LogP contribution in [0.4, 0.5) is 0 Å². The fourth-order valence-electron chi connectivity index (χ4n) is 7.21. The third-order valence-corrected chi connectivity index (χ3v) is 10.7. The van der Waals surface area contributed by atoms with Gasteiger partial charge in [-0.2, -0.15) is 0 Å². The van der Waals surface area contributed by atoms with E-state index >= 15 is 0 Å². The standard InChI is InChI=1S/C46H92O4/c1-3-5-7-9-11-13-15-17-19-21-23-25-27-29-31-33-35-37-39-41-46(48)50-45(43-47)44-49-42-40-38-36-34-32-30-28-26-24-22-20-18-16-14-12-10-8-6-4-2/h45,47H,3-44H2,1-2H3. The lowest BCUT2D eigenvalue weighted by Crippen LogP contribution is -2.27. The fourth-order valence-corrected chi connectivity index (χ4v) is 7.21. The molecule has 1 unspecified atom stereocenters. The van der Waals surface area contributed by atoms with Gasteiger partial charge in [0.2, 0.25) is 0 Å². The molecule has 0 aliphatic carbocycles. The highest BCUT2D eigenvalue weighted by Crippen LogP contribution is 2.17. The second-order valence-electron chi connectivity index (χ2n) is 15.8. The molecule has 0 aromatic heterocycles. The molecule has 0 radical (unpaired) electrons. The third-order valence-electron chi connectivity index (χ3n) is 10.7. The molecule has 4 heteroatoms. The molecule has 0 saturated heterocycles. The Bertz CT molecular complexity index is 623. The van der Waals surface area contributed by atoms with E-state index in [9.17, 15) is 9.90 Å². The highest BCUT2D eigenvalue weighted by molar-refractivity contribution is 5.69. The third kappa shape index (κ3) is 41.8. The number of rotatable bonds is 44. The highest BCUT2D eigenvalue weighted by atomic mass is 16.6. The van der Waals surface area contributed by atoms with Crippen molar-refractivity contribution < 1.29 is 19.4 Å². The van der Waals surface area contributed by atoms with Crippen LogP contribution in [-0.2, 0) is 14.3 Å². The topological polar surface area (TPSA) is 55.8 Å². The molecule has 0 aromatic rings. The first kappa shape index (κ1) is 49.4. The van der Waals surface area contributed by atoms with E-state index in [1.165, 1.54) is 225 Å². The minimum atomic E-state index is -0.525. The summed E-state index contributed by atoms with van der Waals surface area (Å²) in [6.45, 7) is 5.41. The van der Waals surface area contributed by atoms with Gasteiger partial charge in [-0.05, 0) is 12.8 Å². The molecule has 0 rings (SSSR count). The lowest BCUT2D eigenvalue weighted by molar-refractivity contribution is -0.154. The predicted octanol–water partition coefficient (Wildman–Crippen LogP) is 15.2. The van der Waals surface area contributed by atoms with Crippen molar-refractivity contribution in [3.63, 3.8) is 0 Å². The first-order chi connectivity index (χ1) is 24.7. The minimum Gasteiger partial charge on any atom is -0.457 e. The van der Waals surface area contributed by atoms with Crippen LogP contribution in [0.5, 0.6) is 0 Å². The fraction of sp³-hybridized carbons (Fsp3) is 0.978. The quantitative estimate of drug-likeness (QED) is 0.0506. The second-order valence-corrected chi connectivity index (χ2v) is 15.8. The van der Waals surface area contributed by atoms with Crippen molar-refractivity contribution in [2.75, 3.05) is 19.8 Å². The van der Waals surface area contributed by atoms with Crippen LogP contribution in [-0.4, -0.2) is 37.0 Å². The summed E-state index contributed by atoms with van der Waals surface area (Å²) in [5.41, 5.74) is 0. The number of aliphatic hydroxyl groups is 1. The van der Waals surface area contributed by atoms with Crippen LogP contribution in [0.3, 0.4) is 0 Å². The zero-order valence-corrected chi connectivity index (χ0v) is 34.4. The summed E-state index contributed by atoms with van der Waals surface area (Å²) < 4.78 is 11.2. The second kappa shape index (κ2) is 44.6. The molecule has 0 aromatic carbocycles. The van der Waals surface area contributed by atoms with Crippen molar-refractivity contribution in [3.05, 3.63) is 0 Å². The van der Waals surface area contributed by atoms with Gasteiger partial charge < -0.3 is 14.6 Å².